The molecule has 1 nitrogen and oxygen atoms in total. The summed E-state index contributed by atoms with van der Waals surface area (Å²) in [6.07, 6.45) is 7.00. The van der Waals surface area contributed by atoms with Crippen molar-refractivity contribution < 1.29 is 0 Å². The van der Waals surface area contributed by atoms with Crippen LogP contribution in [0.25, 0.3) is 10.8 Å². The Morgan fingerprint density at radius 1 is 0.947 bits per heavy atom. The SMILES string of the molecule is CN(Cc1cccc2ccccc12)C1CCCCC1. The fraction of sp³-hybridized carbons (Fsp3) is 0.444. The molecule has 1 aliphatic rings. The summed E-state index contributed by atoms with van der Waals surface area (Å²) >= 11 is 0. The molecule has 2 aromatic rings. The van der Waals surface area contributed by atoms with Crippen molar-refractivity contribution in [2.75, 3.05) is 7.05 Å². The molecular weight excluding hydrogens is 230 g/mol. The van der Waals surface area contributed by atoms with Crippen LogP contribution in [-0.4, -0.2) is 18.0 Å². The third kappa shape index (κ3) is 2.82. The number of fused-ring (bicyclic) bond motifs is 1. The smallest absolute Gasteiger partial charge is 0.0239 e. The Balaban J connectivity index is 1.80. The molecule has 19 heavy (non-hydrogen) atoms. The van der Waals surface area contributed by atoms with E-state index in [1.807, 2.05) is 0 Å². The largest absolute Gasteiger partial charge is 0.299 e. The second-order valence-electron chi connectivity index (χ2n) is 5.85. The van der Waals surface area contributed by atoms with E-state index in [9.17, 15) is 0 Å². The van der Waals surface area contributed by atoms with Crippen molar-refractivity contribution in [3.05, 3.63) is 48.0 Å². The van der Waals surface area contributed by atoms with Crippen LogP contribution in [0.15, 0.2) is 42.5 Å². The van der Waals surface area contributed by atoms with Crippen molar-refractivity contribution in [1.82, 2.24) is 4.90 Å². The maximum absolute atomic E-state index is 2.56. The van der Waals surface area contributed by atoms with Gasteiger partial charge < -0.3 is 0 Å². The highest BCUT2D eigenvalue weighted by atomic mass is 15.1. The number of rotatable bonds is 3. The van der Waals surface area contributed by atoms with E-state index in [0.29, 0.717) is 0 Å². The van der Waals surface area contributed by atoms with Crippen LogP contribution in [0, 0.1) is 0 Å². The van der Waals surface area contributed by atoms with E-state index in [2.05, 4.69) is 54.4 Å². The molecule has 0 unspecified atom stereocenters. The predicted octanol–water partition coefficient (Wildman–Crippen LogP) is 4.60. The normalized spacial score (nSPS) is 17.2. The van der Waals surface area contributed by atoms with E-state index in [1.165, 1.54) is 48.4 Å². The molecule has 0 N–H and O–H groups in total. The summed E-state index contributed by atoms with van der Waals surface area (Å²) < 4.78 is 0. The topological polar surface area (TPSA) is 3.24 Å². The molecule has 0 radical (unpaired) electrons. The van der Waals surface area contributed by atoms with Crippen LogP contribution < -0.4 is 0 Å². The Morgan fingerprint density at radius 3 is 2.53 bits per heavy atom. The number of hydrogen-bond donors (Lipinski definition) is 0. The fourth-order valence-electron chi connectivity index (χ4n) is 3.35. The zero-order chi connectivity index (χ0) is 13.1. The quantitative estimate of drug-likeness (QED) is 0.772. The molecule has 0 amide bonds. The first-order valence-electron chi connectivity index (χ1n) is 7.51. The Morgan fingerprint density at radius 2 is 1.68 bits per heavy atom. The fourth-order valence-corrected chi connectivity index (χ4v) is 3.35. The maximum Gasteiger partial charge on any atom is 0.0239 e. The standard InChI is InChI=1S/C18H23N/c1-19(17-11-3-2-4-12-17)14-16-10-7-9-15-8-5-6-13-18(15)16/h5-10,13,17H,2-4,11-12,14H2,1H3. The van der Waals surface area contributed by atoms with Crippen molar-refractivity contribution >= 4 is 10.8 Å². The molecule has 1 heteroatoms. The monoisotopic (exact) mass is 253 g/mol. The first-order valence-corrected chi connectivity index (χ1v) is 7.51. The molecule has 100 valence electrons. The summed E-state index contributed by atoms with van der Waals surface area (Å²) in [5.74, 6) is 0. The van der Waals surface area contributed by atoms with Crippen molar-refractivity contribution in [3.63, 3.8) is 0 Å². The molecule has 0 atom stereocenters. The van der Waals surface area contributed by atoms with Crippen LogP contribution in [-0.2, 0) is 6.54 Å². The number of benzene rings is 2. The van der Waals surface area contributed by atoms with Crippen molar-refractivity contribution in [1.29, 1.82) is 0 Å². The molecule has 0 saturated heterocycles. The van der Waals surface area contributed by atoms with Gasteiger partial charge in [-0.05, 0) is 36.2 Å². The molecule has 0 spiro atoms. The molecule has 0 bridgehead atoms. The second-order valence-corrected chi connectivity index (χ2v) is 5.85. The minimum Gasteiger partial charge on any atom is -0.299 e. The van der Waals surface area contributed by atoms with Gasteiger partial charge in [0.2, 0.25) is 0 Å². The Labute approximate surface area is 116 Å². The van der Waals surface area contributed by atoms with Crippen molar-refractivity contribution in [2.24, 2.45) is 0 Å². The minimum absolute atomic E-state index is 0.785. The summed E-state index contributed by atoms with van der Waals surface area (Å²) in [6, 6.07) is 16.2. The highest BCUT2D eigenvalue weighted by Gasteiger charge is 2.18. The van der Waals surface area contributed by atoms with Crippen molar-refractivity contribution in [3.8, 4) is 0 Å². The Kier molecular flexibility index (Phi) is 3.84. The van der Waals surface area contributed by atoms with Gasteiger partial charge in [0.15, 0.2) is 0 Å². The zero-order valence-corrected chi connectivity index (χ0v) is 11.8. The molecule has 0 aromatic heterocycles. The number of nitrogens with zero attached hydrogens (tertiary/aromatic N) is 1. The molecule has 3 rings (SSSR count). The Bertz CT molecular complexity index is 535. The van der Waals surface area contributed by atoms with Crippen LogP contribution in [0.2, 0.25) is 0 Å². The lowest BCUT2D eigenvalue weighted by molar-refractivity contribution is 0.185. The van der Waals surface area contributed by atoms with E-state index < -0.39 is 0 Å². The van der Waals surface area contributed by atoms with E-state index >= 15 is 0 Å². The third-order valence-corrected chi connectivity index (χ3v) is 4.50. The van der Waals surface area contributed by atoms with E-state index in [0.717, 1.165) is 12.6 Å². The molecule has 0 heterocycles. The zero-order valence-electron chi connectivity index (χ0n) is 11.8. The van der Waals surface area contributed by atoms with Crippen LogP contribution in [0.3, 0.4) is 0 Å². The van der Waals surface area contributed by atoms with Gasteiger partial charge in [-0.15, -0.1) is 0 Å². The highest BCUT2D eigenvalue weighted by Crippen LogP contribution is 2.25. The predicted molar refractivity (Wildman–Crippen MR) is 82.3 cm³/mol. The van der Waals surface area contributed by atoms with Crippen molar-refractivity contribution in [2.45, 2.75) is 44.7 Å². The summed E-state index contributed by atoms with van der Waals surface area (Å²) in [6.45, 7) is 1.08. The summed E-state index contributed by atoms with van der Waals surface area (Å²) in [5.41, 5.74) is 1.46. The summed E-state index contributed by atoms with van der Waals surface area (Å²) in [7, 11) is 2.29. The van der Waals surface area contributed by atoms with E-state index in [4.69, 9.17) is 0 Å². The van der Waals surface area contributed by atoms with Gasteiger partial charge in [0.1, 0.15) is 0 Å². The second kappa shape index (κ2) is 5.75. The van der Waals surface area contributed by atoms with Crippen LogP contribution in [0.4, 0.5) is 0 Å². The lowest BCUT2D eigenvalue weighted by Crippen LogP contribution is -2.32. The first-order chi connectivity index (χ1) is 9.34. The number of hydrogen-bond acceptors (Lipinski definition) is 1. The lowest BCUT2D eigenvalue weighted by Gasteiger charge is -2.31. The third-order valence-electron chi connectivity index (χ3n) is 4.50. The average molecular weight is 253 g/mol. The van der Waals surface area contributed by atoms with Crippen LogP contribution >= 0.6 is 0 Å². The lowest BCUT2D eigenvalue weighted by atomic mass is 9.94. The molecule has 2 aromatic carbocycles. The van der Waals surface area contributed by atoms with Gasteiger partial charge in [0.05, 0.1) is 0 Å². The van der Waals surface area contributed by atoms with Gasteiger partial charge in [-0.1, -0.05) is 61.7 Å². The summed E-state index contributed by atoms with van der Waals surface area (Å²) in [5, 5.41) is 2.77. The maximum atomic E-state index is 2.56. The highest BCUT2D eigenvalue weighted by molar-refractivity contribution is 5.85. The van der Waals surface area contributed by atoms with Gasteiger partial charge in [-0.25, -0.2) is 0 Å². The van der Waals surface area contributed by atoms with E-state index in [1.54, 1.807) is 0 Å². The Hall–Kier alpha value is -1.34. The van der Waals surface area contributed by atoms with E-state index in [-0.39, 0.29) is 0 Å². The van der Waals surface area contributed by atoms with Gasteiger partial charge >= 0.3 is 0 Å². The molecule has 0 aliphatic heterocycles. The van der Waals surface area contributed by atoms with Gasteiger partial charge in [0, 0.05) is 12.6 Å². The van der Waals surface area contributed by atoms with Gasteiger partial charge in [-0.2, -0.15) is 0 Å². The van der Waals surface area contributed by atoms with Crippen LogP contribution in [0.5, 0.6) is 0 Å². The molecule has 1 saturated carbocycles. The first kappa shape index (κ1) is 12.7. The molecule has 1 aliphatic carbocycles. The minimum atomic E-state index is 0.785. The van der Waals surface area contributed by atoms with Gasteiger partial charge in [0.25, 0.3) is 0 Å². The molecular formula is C18H23N. The summed E-state index contributed by atoms with van der Waals surface area (Å²) in [4.78, 5) is 2.56. The van der Waals surface area contributed by atoms with Gasteiger partial charge in [-0.3, -0.25) is 4.90 Å². The average Bonchev–Trinajstić information content (AvgIpc) is 2.48. The van der Waals surface area contributed by atoms with Crippen LogP contribution in [0.1, 0.15) is 37.7 Å². The molecule has 1 fully saturated rings.